The lowest BCUT2D eigenvalue weighted by Crippen LogP contribution is -2.37. The molecule has 0 aliphatic heterocycles. The van der Waals surface area contributed by atoms with E-state index in [1.165, 1.54) is 0 Å². The number of nitrogens with zero attached hydrogens (tertiary/aromatic N) is 1. The fraction of sp³-hybridized carbons (Fsp3) is 0.571. The van der Waals surface area contributed by atoms with Crippen LogP contribution >= 0.6 is 0 Å². The molecule has 1 aromatic heterocycles. The standard InChI is InChI=1S/C14H23N3O2/c1-4-7-16-13-6-8-15-9-12(13)14(18)17-11(5-2)10-19-3/h6,8-9,11H,4-5,7,10H2,1-3H3,(H,15,16)(H,17,18). The molecular weight excluding hydrogens is 242 g/mol. The molecule has 0 saturated carbocycles. The topological polar surface area (TPSA) is 63.2 Å². The maximum Gasteiger partial charge on any atom is 0.255 e. The van der Waals surface area contributed by atoms with Gasteiger partial charge in [0.15, 0.2) is 0 Å². The molecule has 1 heterocycles. The van der Waals surface area contributed by atoms with Gasteiger partial charge in [0.1, 0.15) is 0 Å². The third kappa shape index (κ3) is 4.87. The fourth-order valence-electron chi connectivity index (χ4n) is 1.72. The summed E-state index contributed by atoms with van der Waals surface area (Å²) in [4.78, 5) is 16.2. The molecule has 106 valence electrons. The van der Waals surface area contributed by atoms with Crippen LogP contribution in [-0.4, -0.2) is 37.2 Å². The minimum absolute atomic E-state index is 0.0248. The van der Waals surface area contributed by atoms with Crippen molar-refractivity contribution < 1.29 is 9.53 Å². The number of amides is 1. The van der Waals surface area contributed by atoms with Crippen LogP contribution in [0.25, 0.3) is 0 Å². The molecule has 0 fully saturated rings. The molecule has 0 saturated heterocycles. The zero-order valence-corrected chi connectivity index (χ0v) is 11.9. The first-order chi connectivity index (χ1) is 9.22. The molecule has 1 aromatic rings. The quantitative estimate of drug-likeness (QED) is 0.755. The van der Waals surface area contributed by atoms with Crippen LogP contribution in [-0.2, 0) is 4.74 Å². The molecule has 2 N–H and O–H groups in total. The molecular formula is C14H23N3O2. The lowest BCUT2D eigenvalue weighted by molar-refractivity contribution is 0.0895. The van der Waals surface area contributed by atoms with Crippen molar-refractivity contribution in [2.45, 2.75) is 32.7 Å². The number of pyridine rings is 1. The second-order valence-electron chi connectivity index (χ2n) is 4.38. The van der Waals surface area contributed by atoms with Gasteiger partial charge < -0.3 is 15.4 Å². The van der Waals surface area contributed by atoms with Gasteiger partial charge in [-0.3, -0.25) is 9.78 Å². The molecule has 0 aromatic carbocycles. The summed E-state index contributed by atoms with van der Waals surface area (Å²) in [6.45, 7) is 5.45. The van der Waals surface area contributed by atoms with Crippen molar-refractivity contribution >= 4 is 11.6 Å². The van der Waals surface area contributed by atoms with Crippen molar-refractivity contribution in [2.24, 2.45) is 0 Å². The van der Waals surface area contributed by atoms with E-state index >= 15 is 0 Å². The van der Waals surface area contributed by atoms with E-state index in [9.17, 15) is 4.79 Å². The van der Waals surface area contributed by atoms with E-state index in [-0.39, 0.29) is 11.9 Å². The highest BCUT2D eigenvalue weighted by Crippen LogP contribution is 2.13. The van der Waals surface area contributed by atoms with Gasteiger partial charge in [0.2, 0.25) is 0 Å². The summed E-state index contributed by atoms with van der Waals surface area (Å²) in [5.74, 6) is -0.115. The van der Waals surface area contributed by atoms with Gasteiger partial charge >= 0.3 is 0 Å². The third-order valence-electron chi connectivity index (χ3n) is 2.83. The predicted molar refractivity (Wildman–Crippen MR) is 76.4 cm³/mol. The van der Waals surface area contributed by atoms with Gasteiger partial charge in [-0.05, 0) is 18.9 Å². The zero-order valence-electron chi connectivity index (χ0n) is 11.9. The van der Waals surface area contributed by atoms with Crippen molar-refractivity contribution in [1.82, 2.24) is 10.3 Å². The smallest absolute Gasteiger partial charge is 0.255 e. The summed E-state index contributed by atoms with van der Waals surface area (Å²) >= 11 is 0. The Morgan fingerprint density at radius 3 is 2.89 bits per heavy atom. The molecule has 0 bridgehead atoms. The van der Waals surface area contributed by atoms with Gasteiger partial charge in [-0.25, -0.2) is 0 Å². The van der Waals surface area contributed by atoms with Gasteiger partial charge in [-0.15, -0.1) is 0 Å². The first-order valence-electron chi connectivity index (χ1n) is 6.70. The normalized spacial score (nSPS) is 11.9. The average Bonchev–Trinajstić information content (AvgIpc) is 2.44. The highest BCUT2D eigenvalue weighted by atomic mass is 16.5. The second kappa shape index (κ2) is 8.48. The molecule has 5 nitrogen and oxygen atoms in total. The Kier molecular flexibility index (Phi) is 6.89. The van der Waals surface area contributed by atoms with Crippen molar-refractivity contribution in [1.29, 1.82) is 0 Å². The second-order valence-corrected chi connectivity index (χ2v) is 4.38. The number of ether oxygens (including phenoxy) is 1. The maximum absolute atomic E-state index is 12.2. The summed E-state index contributed by atoms with van der Waals surface area (Å²) in [6, 6.07) is 1.85. The number of carbonyl (C=O) groups excluding carboxylic acids is 1. The number of methoxy groups -OCH3 is 1. The molecule has 5 heteroatoms. The average molecular weight is 265 g/mol. The molecule has 1 unspecified atom stereocenters. The summed E-state index contributed by atoms with van der Waals surface area (Å²) in [5, 5.41) is 6.19. The van der Waals surface area contributed by atoms with Crippen LogP contribution in [0.2, 0.25) is 0 Å². The van der Waals surface area contributed by atoms with E-state index < -0.39 is 0 Å². The first kappa shape index (κ1) is 15.4. The van der Waals surface area contributed by atoms with Gasteiger partial charge in [-0.2, -0.15) is 0 Å². The molecule has 0 aliphatic carbocycles. The van der Waals surface area contributed by atoms with Crippen LogP contribution < -0.4 is 10.6 Å². The van der Waals surface area contributed by atoms with E-state index in [0.717, 1.165) is 25.1 Å². The molecule has 1 amide bonds. The number of rotatable bonds is 8. The van der Waals surface area contributed by atoms with Gasteiger partial charge in [0.25, 0.3) is 5.91 Å². The summed E-state index contributed by atoms with van der Waals surface area (Å²) < 4.78 is 5.08. The van der Waals surface area contributed by atoms with Crippen molar-refractivity contribution in [2.75, 3.05) is 25.6 Å². The Hall–Kier alpha value is -1.62. The fourth-order valence-corrected chi connectivity index (χ4v) is 1.72. The number of aromatic nitrogens is 1. The SMILES string of the molecule is CCCNc1ccncc1C(=O)NC(CC)COC. The van der Waals surface area contributed by atoms with Crippen LogP contribution in [0.3, 0.4) is 0 Å². The number of anilines is 1. The van der Waals surface area contributed by atoms with Gasteiger partial charge in [0.05, 0.1) is 23.9 Å². The van der Waals surface area contributed by atoms with Crippen LogP contribution in [0, 0.1) is 0 Å². The van der Waals surface area contributed by atoms with E-state index in [0.29, 0.717) is 12.2 Å². The zero-order chi connectivity index (χ0) is 14.1. The maximum atomic E-state index is 12.2. The summed E-state index contributed by atoms with van der Waals surface area (Å²) in [6.07, 6.45) is 5.11. The number of hydrogen-bond donors (Lipinski definition) is 2. The van der Waals surface area contributed by atoms with Crippen LogP contribution in [0.4, 0.5) is 5.69 Å². The van der Waals surface area contributed by atoms with E-state index in [2.05, 4.69) is 22.5 Å². The highest BCUT2D eigenvalue weighted by Gasteiger charge is 2.15. The highest BCUT2D eigenvalue weighted by molar-refractivity contribution is 5.99. The minimum Gasteiger partial charge on any atom is -0.384 e. The van der Waals surface area contributed by atoms with Gasteiger partial charge in [0, 0.05) is 26.0 Å². The molecule has 1 atom stereocenters. The van der Waals surface area contributed by atoms with Gasteiger partial charge in [-0.1, -0.05) is 13.8 Å². The van der Waals surface area contributed by atoms with Crippen molar-refractivity contribution in [3.63, 3.8) is 0 Å². The predicted octanol–water partition coefficient (Wildman–Crippen LogP) is 2.06. The van der Waals surface area contributed by atoms with Crippen LogP contribution in [0.5, 0.6) is 0 Å². The van der Waals surface area contributed by atoms with Crippen molar-refractivity contribution in [3.05, 3.63) is 24.0 Å². The third-order valence-corrected chi connectivity index (χ3v) is 2.83. The number of carbonyl (C=O) groups is 1. The Labute approximate surface area is 114 Å². The molecule has 19 heavy (non-hydrogen) atoms. The van der Waals surface area contributed by atoms with E-state index in [1.54, 1.807) is 19.5 Å². The Morgan fingerprint density at radius 1 is 1.47 bits per heavy atom. The number of nitrogens with one attached hydrogen (secondary N) is 2. The Balaban J connectivity index is 2.75. The van der Waals surface area contributed by atoms with E-state index in [4.69, 9.17) is 4.74 Å². The summed E-state index contributed by atoms with van der Waals surface area (Å²) in [5.41, 5.74) is 1.40. The van der Waals surface area contributed by atoms with Crippen molar-refractivity contribution in [3.8, 4) is 0 Å². The number of hydrogen-bond acceptors (Lipinski definition) is 4. The monoisotopic (exact) mass is 265 g/mol. The van der Waals surface area contributed by atoms with E-state index in [1.807, 2.05) is 13.0 Å². The molecule has 0 aliphatic rings. The Bertz CT molecular complexity index is 396. The minimum atomic E-state index is -0.115. The summed E-state index contributed by atoms with van der Waals surface area (Å²) in [7, 11) is 1.63. The molecule has 0 spiro atoms. The largest absolute Gasteiger partial charge is 0.384 e. The van der Waals surface area contributed by atoms with Crippen LogP contribution in [0.15, 0.2) is 18.5 Å². The Morgan fingerprint density at radius 2 is 2.26 bits per heavy atom. The lowest BCUT2D eigenvalue weighted by atomic mass is 10.2. The van der Waals surface area contributed by atoms with Crippen LogP contribution in [0.1, 0.15) is 37.0 Å². The molecule has 1 rings (SSSR count). The first-order valence-corrected chi connectivity index (χ1v) is 6.70. The molecule has 0 radical (unpaired) electrons. The lowest BCUT2D eigenvalue weighted by Gasteiger charge is -2.17.